The Labute approximate surface area is 88.4 Å². The van der Waals surface area contributed by atoms with Gasteiger partial charge in [-0.1, -0.05) is 12.8 Å². The number of ether oxygens (including phenoxy) is 1. The van der Waals surface area contributed by atoms with Crippen LogP contribution in [0, 0.1) is 0 Å². The number of ketones is 1. The fourth-order valence-electron chi connectivity index (χ4n) is 1.13. The second-order valence-electron chi connectivity index (χ2n) is 3.22. The van der Waals surface area contributed by atoms with E-state index in [2.05, 4.69) is 4.74 Å². The van der Waals surface area contributed by atoms with Crippen LogP contribution in [0.4, 0.5) is 0 Å². The summed E-state index contributed by atoms with van der Waals surface area (Å²) in [5.74, 6) is -2.13. The van der Waals surface area contributed by atoms with Gasteiger partial charge in [0.2, 0.25) is 5.78 Å². The number of carbonyl (C=O) groups is 3. The second-order valence-corrected chi connectivity index (χ2v) is 3.22. The first-order valence-corrected chi connectivity index (χ1v) is 4.91. The average Bonchev–Trinajstić information content (AvgIpc) is 2.21. The Morgan fingerprint density at radius 2 is 1.53 bits per heavy atom. The summed E-state index contributed by atoms with van der Waals surface area (Å²) < 4.78 is 4.26. The number of methoxy groups -OCH3 is 1. The SMILES string of the molecule is COC(=O)C(=O)CCCCCCC(=O)O. The molecule has 5 heteroatoms. The molecule has 5 nitrogen and oxygen atoms in total. The number of carboxylic acids is 1. The van der Waals surface area contributed by atoms with E-state index in [9.17, 15) is 14.4 Å². The van der Waals surface area contributed by atoms with Gasteiger partial charge >= 0.3 is 11.9 Å². The lowest BCUT2D eigenvalue weighted by Gasteiger charge is -1.99. The minimum Gasteiger partial charge on any atom is -0.481 e. The number of hydrogen-bond donors (Lipinski definition) is 1. The summed E-state index contributed by atoms with van der Waals surface area (Å²) in [7, 11) is 1.17. The van der Waals surface area contributed by atoms with Crippen molar-refractivity contribution in [1.82, 2.24) is 0 Å². The third kappa shape index (κ3) is 7.66. The molecule has 0 heterocycles. The summed E-state index contributed by atoms with van der Waals surface area (Å²) in [6, 6.07) is 0. The van der Waals surface area contributed by atoms with Crippen molar-refractivity contribution in [2.24, 2.45) is 0 Å². The molecule has 0 radical (unpaired) electrons. The lowest BCUT2D eigenvalue weighted by molar-refractivity contribution is -0.151. The molecule has 0 aromatic heterocycles. The van der Waals surface area contributed by atoms with E-state index in [1.54, 1.807) is 0 Å². The van der Waals surface area contributed by atoms with Gasteiger partial charge in [0, 0.05) is 12.8 Å². The van der Waals surface area contributed by atoms with Crippen LogP contribution in [0.15, 0.2) is 0 Å². The van der Waals surface area contributed by atoms with E-state index in [-0.39, 0.29) is 12.8 Å². The van der Waals surface area contributed by atoms with Crippen LogP contribution in [0.3, 0.4) is 0 Å². The predicted molar refractivity (Wildman–Crippen MR) is 52.4 cm³/mol. The lowest BCUT2D eigenvalue weighted by Crippen LogP contribution is -2.14. The molecule has 0 atom stereocenters. The van der Waals surface area contributed by atoms with Crippen LogP contribution in [0.5, 0.6) is 0 Å². The second kappa shape index (κ2) is 7.96. The van der Waals surface area contributed by atoms with Gasteiger partial charge in [-0.15, -0.1) is 0 Å². The zero-order chi connectivity index (χ0) is 11.7. The number of carbonyl (C=O) groups excluding carboxylic acids is 2. The van der Waals surface area contributed by atoms with Crippen molar-refractivity contribution in [1.29, 1.82) is 0 Å². The van der Waals surface area contributed by atoms with Gasteiger partial charge in [0.15, 0.2) is 0 Å². The fourth-order valence-corrected chi connectivity index (χ4v) is 1.13. The number of aliphatic carboxylic acids is 1. The van der Waals surface area contributed by atoms with Crippen LogP contribution in [0.1, 0.15) is 38.5 Å². The monoisotopic (exact) mass is 216 g/mol. The molecule has 0 amide bonds. The molecule has 0 bridgehead atoms. The zero-order valence-electron chi connectivity index (χ0n) is 8.82. The van der Waals surface area contributed by atoms with Crippen LogP contribution in [-0.4, -0.2) is 29.9 Å². The number of carboxylic acid groups (broad SMARTS) is 1. The highest BCUT2D eigenvalue weighted by atomic mass is 16.5. The van der Waals surface area contributed by atoms with Gasteiger partial charge in [-0.3, -0.25) is 9.59 Å². The molecule has 0 saturated heterocycles. The standard InChI is InChI=1S/C10H16O5/c1-15-10(14)8(11)6-4-2-3-5-7-9(12)13/h2-7H2,1H3,(H,12,13). The number of rotatable bonds is 8. The van der Waals surface area contributed by atoms with Crippen molar-refractivity contribution in [3.8, 4) is 0 Å². The molecular weight excluding hydrogens is 200 g/mol. The summed E-state index contributed by atoms with van der Waals surface area (Å²) in [5, 5.41) is 8.35. The largest absolute Gasteiger partial charge is 0.481 e. The Kier molecular flexibility index (Phi) is 7.23. The van der Waals surface area contributed by atoms with E-state index in [4.69, 9.17) is 5.11 Å². The minimum absolute atomic E-state index is 0.158. The van der Waals surface area contributed by atoms with Gasteiger partial charge < -0.3 is 9.84 Å². The van der Waals surface area contributed by atoms with Crippen LogP contribution in [0.25, 0.3) is 0 Å². The smallest absolute Gasteiger partial charge is 0.374 e. The highest BCUT2D eigenvalue weighted by molar-refractivity contribution is 6.33. The molecule has 0 aliphatic rings. The van der Waals surface area contributed by atoms with Crippen molar-refractivity contribution in [3.63, 3.8) is 0 Å². The first-order chi connectivity index (χ1) is 7.07. The van der Waals surface area contributed by atoms with E-state index >= 15 is 0 Å². The fraction of sp³-hybridized carbons (Fsp3) is 0.700. The number of unbranched alkanes of at least 4 members (excludes halogenated alkanes) is 3. The summed E-state index contributed by atoms with van der Waals surface area (Å²) in [5.41, 5.74) is 0. The Morgan fingerprint density at radius 1 is 1.00 bits per heavy atom. The molecule has 0 aliphatic heterocycles. The zero-order valence-corrected chi connectivity index (χ0v) is 8.82. The molecular formula is C10H16O5. The van der Waals surface area contributed by atoms with Crippen molar-refractivity contribution in [3.05, 3.63) is 0 Å². The van der Waals surface area contributed by atoms with Gasteiger partial charge in [-0.25, -0.2) is 4.79 Å². The van der Waals surface area contributed by atoms with E-state index < -0.39 is 17.7 Å². The van der Waals surface area contributed by atoms with Crippen molar-refractivity contribution in [2.45, 2.75) is 38.5 Å². The molecule has 15 heavy (non-hydrogen) atoms. The summed E-state index contributed by atoms with van der Waals surface area (Å²) in [6.07, 6.45) is 3.08. The summed E-state index contributed by atoms with van der Waals surface area (Å²) >= 11 is 0. The first kappa shape index (κ1) is 13.6. The highest BCUT2D eigenvalue weighted by Crippen LogP contribution is 2.06. The molecule has 0 unspecified atom stereocenters. The normalized spacial score (nSPS) is 9.67. The average molecular weight is 216 g/mol. The Hall–Kier alpha value is -1.39. The van der Waals surface area contributed by atoms with E-state index in [1.165, 1.54) is 7.11 Å². The molecule has 1 N–H and O–H groups in total. The molecule has 0 spiro atoms. The van der Waals surface area contributed by atoms with E-state index in [1.807, 2.05) is 0 Å². The van der Waals surface area contributed by atoms with Crippen LogP contribution in [-0.2, 0) is 19.1 Å². The lowest BCUT2D eigenvalue weighted by atomic mass is 10.1. The maximum absolute atomic E-state index is 10.9. The first-order valence-electron chi connectivity index (χ1n) is 4.91. The predicted octanol–water partition coefficient (Wildman–Crippen LogP) is 1.15. The maximum atomic E-state index is 10.9. The molecule has 0 aliphatic carbocycles. The third-order valence-corrected chi connectivity index (χ3v) is 1.96. The van der Waals surface area contributed by atoms with Crippen molar-refractivity contribution in [2.75, 3.05) is 7.11 Å². The van der Waals surface area contributed by atoms with Gasteiger partial charge in [-0.2, -0.15) is 0 Å². The van der Waals surface area contributed by atoms with Gasteiger partial charge in [0.1, 0.15) is 0 Å². The molecule has 86 valence electrons. The number of Topliss-reactive ketones (excluding diaryl/α,β-unsaturated/α-hetero) is 1. The summed E-state index contributed by atoms with van der Waals surface area (Å²) in [6.45, 7) is 0. The van der Waals surface area contributed by atoms with Gasteiger partial charge in [0.05, 0.1) is 7.11 Å². The molecule has 0 aromatic rings. The van der Waals surface area contributed by atoms with Gasteiger partial charge in [-0.05, 0) is 12.8 Å². The molecule has 0 saturated carbocycles. The van der Waals surface area contributed by atoms with Crippen LogP contribution in [0.2, 0.25) is 0 Å². The van der Waals surface area contributed by atoms with Crippen molar-refractivity contribution < 1.29 is 24.2 Å². The minimum atomic E-state index is -0.805. The highest BCUT2D eigenvalue weighted by Gasteiger charge is 2.12. The summed E-state index contributed by atoms with van der Waals surface area (Å²) in [4.78, 5) is 31.8. The Balaban J connectivity index is 3.35. The number of esters is 1. The van der Waals surface area contributed by atoms with Gasteiger partial charge in [0.25, 0.3) is 0 Å². The third-order valence-electron chi connectivity index (χ3n) is 1.96. The number of hydrogen-bond acceptors (Lipinski definition) is 4. The molecule has 0 fully saturated rings. The van der Waals surface area contributed by atoms with Crippen LogP contribution >= 0.6 is 0 Å². The Morgan fingerprint density at radius 3 is 2.00 bits per heavy atom. The van der Waals surface area contributed by atoms with Crippen molar-refractivity contribution >= 4 is 17.7 Å². The van der Waals surface area contributed by atoms with E-state index in [0.717, 1.165) is 12.8 Å². The van der Waals surface area contributed by atoms with E-state index in [0.29, 0.717) is 12.8 Å². The van der Waals surface area contributed by atoms with Crippen LogP contribution < -0.4 is 0 Å². The maximum Gasteiger partial charge on any atom is 0.374 e. The molecule has 0 rings (SSSR count). The molecule has 0 aromatic carbocycles. The quantitative estimate of drug-likeness (QED) is 0.374. The topological polar surface area (TPSA) is 80.7 Å². The Bertz CT molecular complexity index is 234.